The predicted octanol–water partition coefficient (Wildman–Crippen LogP) is 23.1. The fourth-order valence-electron chi connectivity index (χ4n) is 4.36. The van der Waals surface area contributed by atoms with E-state index in [4.69, 9.17) is 23.2 Å². The first-order valence-corrected chi connectivity index (χ1v) is 30.2. The average molecular weight is 1550 g/mol. The highest BCUT2D eigenvalue weighted by Crippen LogP contribution is 2.19. The average Bonchev–Trinajstić information content (AvgIpc) is 3.35. The predicted molar refractivity (Wildman–Crippen MR) is 331 cm³/mol. The lowest BCUT2D eigenvalue weighted by atomic mass is 10.2. The zero-order valence-corrected chi connectivity index (χ0v) is 52.7. The molecule has 0 unspecified atom stereocenters. The molecule has 0 saturated heterocycles. The largest absolute Gasteiger partial charge is 0.0876 e. The van der Waals surface area contributed by atoms with Gasteiger partial charge in [-0.25, -0.2) is 0 Å². The van der Waals surface area contributed by atoms with Gasteiger partial charge in [0, 0.05) is 54.5 Å². The van der Waals surface area contributed by atoms with E-state index in [9.17, 15) is 0 Å². The van der Waals surface area contributed by atoms with Gasteiger partial charge in [0.1, 0.15) is 0 Å². The Bertz CT molecular complexity index is 1940. The monoisotopic (exact) mass is 1540 g/mol. The summed E-state index contributed by atoms with van der Waals surface area (Å²) in [7, 11) is 0. The van der Waals surface area contributed by atoms with Crippen molar-refractivity contribution in [2.75, 3.05) is 0 Å². The molecule has 0 aliphatic heterocycles. The molecule has 7 rings (SSSR count). The topological polar surface area (TPSA) is 0 Å². The molecule has 7 aromatic rings. The van der Waals surface area contributed by atoms with Crippen LogP contribution >= 0.6 is 173 Å². The van der Waals surface area contributed by atoms with E-state index in [0.29, 0.717) is 0 Å². The first-order valence-electron chi connectivity index (χ1n) is 20.1. The van der Waals surface area contributed by atoms with Crippen LogP contribution < -0.4 is 0 Å². The maximum Gasteiger partial charge on any atom is 0.0446 e. The minimum absolute atomic E-state index is 0. The van der Waals surface area contributed by atoms with Crippen LogP contribution in [0.25, 0.3) is 0 Å². The van der Waals surface area contributed by atoms with E-state index in [2.05, 4.69) is 249 Å². The molecule has 0 nitrogen and oxygen atoms in total. The quantitative estimate of drug-likeness (QED) is 0.110. The summed E-state index contributed by atoms with van der Waals surface area (Å²) in [6.45, 7) is 8.26. The van der Waals surface area contributed by atoms with Gasteiger partial charge in [-0.3, -0.25) is 0 Å². The number of rotatable bonds is 7. The number of hydrogen-bond donors (Lipinski definition) is 0. The third kappa shape index (κ3) is 33.8. The minimum Gasteiger partial charge on any atom is -0.0876 e. The molecule has 11 heteroatoms. The molecule has 0 amide bonds. The number of alkyl halides is 6. The minimum atomic E-state index is 0. The normalized spacial score (nSPS) is 9.15. The maximum atomic E-state index is 5.79. The van der Waals surface area contributed by atoms with E-state index in [-0.39, 0.29) is 7.43 Å². The van der Waals surface area contributed by atoms with Crippen LogP contribution in [-0.4, -0.2) is 0 Å². The van der Waals surface area contributed by atoms with Gasteiger partial charge < -0.3 is 0 Å². The molecule has 0 saturated carbocycles. The molecule has 0 aromatic heterocycles. The smallest absolute Gasteiger partial charge is 0.0446 e. The van der Waals surface area contributed by atoms with Crippen LogP contribution in [-0.2, 0) is 38.4 Å². The molecule has 7 aromatic carbocycles. The molecule has 0 aliphatic rings. The Hall–Kier alpha value is -0.310. The zero-order valence-electron chi connectivity index (χ0n) is 36.4. The third-order valence-corrected chi connectivity index (χ3v) is 14.7. The zero-order chi connectivity index (χ0) is 48.0. The number of benzene rings is 7. The number of halogens is 11. The van der Waals surface area contributed by atoms with Gasteiger partial charge in [-0.15, -0.1) is 0 Å². The number of aryl methyl sites for hydroxylation is 2. The molecular formula is C54H59Br8Cl2I. The second-order valence-electron chi connectivity index (χ2n) is 12.7. The van der Waals surface area contributed by atoms with E-state index in [1.54, 1.807) is 0 Å². The Morgan fingerprint density at radius 2 is 0.800 bits per heavy atom. The maximum absolute atomic E-state index is 5.79. The van der Waals surface area contributed by atoms with Crippen LogP contribution in [0.5, 0.6) is 0 Å². The van der Waals surface area contributed by atoms with Gasteiger partial charge in [0.15, 0.2) is 0 Å². The molecule has 0 fully saturated rings. The van der Waals surface area contributed by atoms with Gasteiger partial charge in [0.2, 0.25) is 0 Å². The Balaban J connectivity index is 0. The Morgan fingerprint density at radius 3 is 1.15 bits per heavy atom. The van der Waals surface area contributed by atoms with E-state index < -0.39 is 0 Å². The van der Waals surface area contributed by atoms with E-state index >= 15 is 0 Å². The molecule has 0 heterocycles. The molecule has 0 N–H and O–H groups in total. The summed E-state index contributed by atoms with van der Waals surface area (Å²) in [5, 5.41) is 7.08. The second-order valence-corrected chi connectivity index (χ2v) is 19.8. The molecule has 0 aliphatic carbocycles. The van der Waals surface area contributed by atoms with Crippen LogP contribution in [0.4, 0.5) is 0 Å². The molecule has 0 atom stereocenters. The van der Waals surface area contributed by atoms with Crippen molar-refractivity contribution in [1.82, 2.24) is 0 Å². The van der Waals surface area contributed by atoms with Crippen molar-refractivity contribution in [1.29, 1.82) is 0 Å². The van der Waals surface area contributed by atoms with Crippen molar-refractivity contribution in [2.45, 2.75) is 73.5 Å². The summed E-state index contributed by atoms with van der Waals surface area (Å²) >= 11 is 40.8. The SMILES string of the molecule is BrCc1ccc(Br)cc1.BrCc1ccccc1Br.BrCc1ccccc1I.C.CC.CCc1ccccc1.Cc1ccc(CBr)cc1.Clc1ccc(CBr)cc1.Clc1ccccc1CBr. The first-order chi connectivity index (χ1) is 30.9. The van der Waals surface area contributed by atoms with Crippen LogP contribution in [0.3, 0.4) is 0 Å². The molecular weight excluding hydrogens is 1490 g/mol. The van der Waals surface area contributed by atoms with Crippen molar-refractivity contribution in [2.24, 2.45) is 0 Å². The van der Waals surface area contributed by atoms with Crippen molar-refractivity contribution in [3.05, 3.63) is 243 Å². The van der Waals surface area contributed by atoms with Gasteiger partial charge in [0.05, 0.1) is 0 Å². The number of hydrogen-bond acceptors (Lipinski definition) is 0. The van der Waals surface area contributed by atoms with Crippen LogP contribution in [0.2, 0.25) is 10.0 Å². The highest BCUT2D eigenvalue weighted by atomic mass is 127. The Labute approximate surface area is 483 Å². The lowest BCUT2D eigenvalue weighted by molar-refractivity contribution is 1.14. The first kappa shape index (κ1) is 66.8. The molecule has 0 radical (unpaired) electrons. The summed E-state index contributed by atoms with van der Waals surface area (Å²) in [5.41, 5.74) is 10.4. The summed E-state index contributed by atoms with van der Waals surface area (Å²) in [4.78, 5) is 0. The van der Waals surface area contributed by atoms with Gasteiger partial charge >= 0.3 is 0 Å². The summed E-state index contributed by atoms with van der Waals surface area (Å²) in [5.74, 6) is 0. The summed E-state index contributed by atoms with van der Waals surface area (Å²) < 4.78 is 3.63. The molecule has 65 heavy (non-hydrogen) atoms. The Morgan fingerprint density at radius 1 is 0.415 bits per heavy atom. The van der Waals surface area contributed by atoms with Gasteiger partial charge in [-0.05, 0) is 117 Å². The van der Waals surface area contributed by atoms with Crippen LogP contribution in [0, 0.1) is 10.5 Å². The lowest BCUT2D eigenvalue weighted by Gasteiger charge is -1.95. The second kappa shape index (κ2) is 44.9. The summed E-state index contributed by atoms with van der Waals surface area (Å²) in [6, 6.07) is 59.2. The fourth-order valence-corrected chi connectivity index (χ4v) is 9.60. The van der Waals surface area contributed by atoms with Crippen molar-refractivity contribution in [3.8, 4) is 0 Å². The lowest BCUT2D eigenvalue weighted by Crippen LogP contribution is -1.79. The standard InChI is InChI=1S/C8H9Br.C8H10.2C7H6Br2.2C7H6BrCl.C7H6BrI.C2H6.CH4/c1-7-2-4-8(6-9)5-3-7;1-2-8-6-4-3-5-7-8;8-5-6-1-3-7(9)4-2-6;8-5-6-3-1-2-4-7(6)9;8-5-6-1-3-7(9)4-2-6;2*8-5-6-3-1-2-4-7(6)9;1-2;/h2-5H,6H2,1H3;3-7H,2H2,1H3;5*1-4H,5H2;1-2H3;1H4. The van der Waals surface area contributed by atoms with Gasteiger partial charge in [-0.2, -0.15) is 0 Å². The summed E-state index contributed by atoms with van der Waals surface area (Å²) in [6.07, 6.45) is 1.14. The Kier molecular flexibility index (Phi) is 46.1. The van der Waals surface area contributed by atoms with Gasteiger partial charge in [-0.1, -0.05) is 318 Å². The van der Waals surface area contributed by atoms with Crippen molar-refractivity contribution < 1.29 is 0 Å². The van der Waals surface area contributed by atoms with E-state index in [1.807, 2.05) is 105 Å². The van der Waals surface area contributed by atoms with Crippen molar-refractivity contribution >= 4 is 173 Å². The molecule has 0 spiro atoms. The van der Waals surface area contributed by atoms with E-state index in [0.717, 1.165) is 58.5 Å². The van der Waals surface area contributed by atoms with Gasteiger partial charge in [0.25, 0.3) is 0 Å². The highest BCUT2D eigenvalue weighted by Gasteiger charge is 1.95. The third-order valence-electron chi connectivity index (χ3n) is 7.97. The van der Waals surface area contributed by atoms with Crippen LogP contribution in [0.15, 0.2) is 185 Å². The highest BCUT2D eigenvalue weighted by molar-refractivity contribution is 14.1. The van der Waals surface area contributed by atoms with Crippen LogP contribution in [0.1, 0.15) is 72.7 Å². The van der Waals surface area contributed by atoms with E-state index in [1.165, 1.54) is 47.0 Å². The fraction of sp³-hybridized carbons (Fsp3) is 0.222. The molecule has 352 valence electrons. The van der Waals surface area contributed by atoms with Crippen molar-refractivity contribution in [3.63, 3.8) is 0 Å². The molecule has 0 bridgehead atoms.